The van der Waals surface area contributed by atoms with Crippen LogP contribution in [0.1, 0.15) is 35.3 Å². The van der Waals surface area contributed by atoms with Crippen molar-refractivity contribution in [3.8, 4) is 0 Å². The summed E-state index contributed by atoms with van der Waals surface area (Å²) in [5.74, 6) is 0.686. The molecule has 0 N–H and O–H groups in total. The number of amides is 1. The predicted octanol–water partition coefficient (Wildman–Crippen LogP) is 2.87. The maximum absolute atomic E-state index is 12.1. The number of aryl methyl sites for hydroxylation is 1. The average molecular weight is 255 g/mol. The second kappa shape index (κ2) is 7.28. The number of rotatable bonds is 6. The van der Waals surface area contributed by atoms with Crippen molar-refractivity contribution in [2.45, 2.75) is 26.2 Å². The Kier molecular flexibility index (Phi) is 5.98. The van der Waals surface area contributed by atoms with E-state index in [2.05, 4.69) is 4.98 Å². The topological polar surface area (TPSA) is 33.2 Å². The monoisotopic (exact) mass is 254 g/mol. The van der Waals surface area contributed by atoms with Crippen LogP contribution in [-0.4, -0.2) is 35.3 Å². The molecule has 0 aliphatic heterocycles. The third-order valence-electron chi connectivity index (χ3n) is 2.69. The molecule has 0 saturated heterocycles. The molecular formula is C13H19ClN2O. The van der Waals surface area contributed by atoms with E-state index in [1.165, 1.54) is 0 Å². The van der Waals surface area contributed by atoms with E-state index < -0.39 is 0 Å². The Morgan fingerprint density at radius 1 is 1.41 bits per heavy atom. The molecule has 0 bridgehead atoms. The van der Waals surface area contributed by atoms with Crippen molar-refractivity contribution >= 4 is 17.5 Å². The number of hydrogen-bond donors (Lipinski definition) is 0. The lowest BCUT2D eigenvalue weighted by atomic mass is 10.2. The quantitative estimate of drug-likeness (QED) is 0.578. The van der Waals surface area contributed by atoms with Crippen molar-refractivity contribution in [1.82, 2.24) is 9.88 Å². The van der Waals surface area contributed by atoms with Crippen molar-refractivity contribution in [1.29, 1.82) is 0 Å². The van der Waals surface area contributed by atoms with E-state index in [1.807, 2.05) is 26.1 Å². The van der Waals surface area contributed by atoms with E-state index in [1.54, 1.807) is 11.1 Å². The summed E-state index contributed by atoms with van der Waals surface area (Å²) >= 11 is 5.61. The highest BCUT2D eigenvalue weighted by Gasteiger charge is 2.14. The Balaban J connectivity index is 2.49. The van der Waals surface area contributed by atoms with E-state index in [9.17, 15) is 4.79 Å². The summed E-state index contributed by atoms with van der Waals surface area (Å²) in [5.41, 5.74) is 1.47. The number of unbranched alkanes of at least 4 members (excludes halogenated alkanes) is 2. The highest BCUT2D eigenvalue weighted by atomic mass is 35.5. The number of halogens is 1. The van der Waals surface area contributed by atoms with E-state index in [0.29, 0.717) is 11.6 Å². The third kappa shape index (κ3) is 4.35. The van der Waals surface area contributed by atoms with Gasteiger partial charge in [-0.2, -0.15) is 0 Å². The van der Waals surface area contributed by atoms with Gasteiger partial charge in [0.1, 0.15) is 5.69 Å². The highest BCUT2D eigenvalue weighted by Crippen LogP contribution is 2.07. The predicted molar refractivity (Wildman–Crippen MR) is 70.5 cm³/mol. The summed E-state index contributed by atoms with van der Waals surface area (Å²) in [6.45, 7) is 2.66. The van der Waals surface area contributed by atoms with Crippen molar-refractivity contribution in [3.63, 3.8) is 0 Å². The van der Waals surface area contributed by atoms with Gasteiger partial charge in [-0.25, -0.2) is 0 Å². The van der Waals surface area contributed by atoms with Crippen molar-refractivity contribution in [2.24, 2.45) is 0 Å². The molecule has 0 radical (unpaired) electrons. The number of nitrogens with zero attached hydrogens (tertiary/aromatic N) is 2. The first-order valence-electron chi connectivity index (χ1n) is 5.90. The molecule has 0 unspecified atom stereocenters. The summed E-state index contributed by atoms with van der Waals surface area (Å²) in [4.78, 5) is 17.9. The van der Waals surface area contributed by atoms with Gasteiger partial charge in [0.15, 0.2) is 0 Å². The largest absolute Gasteiger partial charge is 0.340 e. The molecule has 0 atom stereocenters. The Labute approximate surface area is 108 Å². The first-order valence-corrected chi connectivity index (χ1v) is 6.43. The molecule has 0 fully saturated rings. The fourth-order valence-electron chi connectivity index (χ4n) is 1.61. The number of alkyl halides is 1. The molecule has 0 aliphatic rings. The van der Waals surface area contributed by atoms with Gasteiger partial charge in [0.2, 0.25) is 0 Å². The molecule has 4 heteroatoms. The second-order valence-electron chi connectivity index (χ2n) is 4.15. The van der Waals surface area contributed by atoms with Gasteiger partial charge in [0, 0.05) is 25.7 Å². The summed E-state index contributed by atoms with van der Waals surface area (Å²) in [6.07, 6.45) is 4.71. The Morgan fingerprint density at radius 3 is 2.82 bits per heavy atom. The average Bonchev–Trinajstić information content (AvgIpc) is 2.34. The van der Waals surface area contributed by atoms with Crippen LogP contribution in [0.5, 0.6) is 0 Å². The number of carbonyl (C=O) groups is 1. The van der Waals surface area contributed by atoms with E-state index in [-0.39, 0.29) is 5.91 Å². The first-order chi connectivity index (χ1) is 8.16. The van der Waals surface area contributed by atoms with Crippen LogP contribution in [0, 0.1) is 6.92 Å². The van der Waals surface area contributed by atoms with Gasteiger partial charge in [-0.1, -0.05) is 12.5 Å². The molecular weight excluding hydrogens is 236 g/mol. The lowest BCUT2D eigenvalue weighted by Crippen LogP contribution is -2.29. The summed E-state index contributed by atoms with van der Waals surface area (Å²) < 4.78 is 0. The van der Waals surface area contributed by atoms with Gasteiger partial charge < -0.3 is 4.90 Å². The van der Waals surface area contributed by atoms with Crippen molar-refractivity contribution in [2.75, 3.05) is 19.5 Å². The maximum Gasteiger partial charge on any atom is 0.272 e. The number of aromatic nitrogens is 1. The molecule has 0 saturated carbocycles. The highest BCUT2D eigenvalue weighted by molar-refractivity contribution is 6.17. The summed E-state index contributed by atoms with van der Waals surface area (Å²) in [7, 11) is 1.82. The van der Waals surface area contributed by atoms with Gasteiger partial charge in [-0.3, -0.25) is 9.78 Å². The molecule has 1 heterocycles. The van der Waals surface area contributed by atoms with Crippen LogP contribution in [0.4, 0.5) is 0 Å². The van der Waals surface area contributed by atoms with Crippen molar-refractivity contribution < 1.29 is 4.79 Å². The Bertz CT molecular complexity index is 368. The number of pyridine rings is 1. The second-order valence-corrected chi connectivity index (χ2v) is 4.52. The minimum Gasteiger partial charge on any atom is -0.340 e. The molecule has 1 aromatic heterocycles. The molecule has 0 spiro atoms. The smallest absolute Gasteiger partial charge is 0.272 e. The molecule has 94 valence electrons. The van der Waals surface area contributed by atoms with Gasteiger partial charge in [-0.15, -0.1) is 11.6 Å². The molecule has 0 aromatic carbocycles. The molecule has 1 amide bonds. The Hall–Kier alpha value is -1.09. The minimum absolute atomic E-state index is 0.00558. The van der Waals surface area contributed by atoms with Crippen LogP contribution in [0.25, 0.3) is 0 Å². The SMILES string of the molecule is Cc1cccnc1C(=O)N(C)CCCCCCl. The molecule has 3 nitrogen and oxygen atoms in total. The van der Waals surface area contributed by atoms with Gasteiger partial charge in [-0.05, 0) is 31.4 Å². The van der Waals surface area contributed by atoms with Crippen LogP contribution in [0.2, 0.25) is 0 Å². The zero-order chi connectivity index (χ0) is 12.7. The fourth-order valence-corrected chi connectivity index (χ4v) is 1.80. The maximum atomic E-state index is 12.1. The standard InChI is InChI=1S/C13H19ClN2O/c1-11-7-6-9-15-12(11)13(17)16(2)10-5-3-4-8-14/h6-7,9H,3-5,8,10H2,1-2H3. The van der Waals surface area contributed by atoms with Crippen LogP contribution in [0.15, 0.2) is 18.3 Å². The lowest BCUT2D eigenvalue weighted by Gasteiger charge is -2.17. The van der Waals surface area contributed by atoms with Crippen LogP contribution in [-0.2, 0) is 0 Å². The summed E-state index contributed by atoms with van der Waals surface area (Å²) in [6, 6.07) is 3.74. The van der Waals surface area contributed by atoms with E-state index in [4.69, 9.17) is 11.6 Å². The van der Waals surface area contributed by atoms with E-state index in [0.717, 1.165) is 31.4 Å². The molecule has 0 aliphatic carbocycles. The normalized spacial score (nSPS) is 10.3. The van der Waals surface area contributed by atoms with Crippen molar-refractivity contribution in [3.05, 3.63) is 29.6 Å². The van der Waals surface area contributed by atoms with Crippen LogP contribution >= 0.6 is 11.6 Å². The summed E-state index contributed by atoms with van der Waals surface area (Å²) in [5, 5.41) is 0. The Morgan fingerprint density at radius 2 is 2.18 bits per heavy atom. The minimum atomic E-state index is -0.00558. The fraction of sp³-hybridized carbons (Fsp3) is 0.538. The van der Waals surface area contributed by atoms with Gasteiger partial charge in [0.05, 0.1) is 0 Å². The zero-order valence-corrected chi connectivity index (χ0v) is 11.2. The van der Waals surface area contributed by atoms with Gasteiger partial charge >= 0.3 is 0 Å². The lowest BCUT2D eigenvalue weighted by molar-refractivity contribution is 0.0786. The van der Waals surface area contributed by atoms with Gasteiger partial charge in [0.25, 0.3) is 5.91 Å². The molecule has 1 rings (SSSR count). The van der Waals surface area contributed by atoms with Crippen LogP contribution in [0.3, 0.4) is 0 Å². The van der Waals surface area contributed by atoms with Crippen LogP contribution < -0.4 is 0 Å². The number of hydrogen-bond acceptors (Lipinski definition) is 2. The third-order valence-corrected chi connectivity index (χ3v) is 2.95. The molecule has 1 aromatic rings. The first kappa shape index (κ1) is 14.0. The number of carbonyl (C=O) groups excluding carboxylic acids is 1. The zero-order valence-electron chi connectivity index (χ0n) is 10.4. The van der Waals surface area contributed by atoms with E-state index >= 15 is 0 Å². The molecule has 17 heavy (non-hydrogen) atoms.